The lowest BCUT2D eigenvalue weighted by Crippen LogP contribution is -2.53. The van der Waals surface area contributed by atoms with E-state index < -0.39 is 5.92 Å². The molecule has 3 aromatic carbocycles. The molecule has 1 heterocycles. The molecule has 4 rings (SSSR count). The summed E-state index contributed by atoms with van der Waals surface area (Å²) in [4.78, 5) is 15.4. The van der Waals surface area contributed by atoms with Crippen molar-refractivity contribution in [2.24, 2.45) is 0 Å². The van der Waals surface area contributed by atoms with Gasteiger partial charge in [0.2, 0.25) is 17.4 Å². The van der Waals surface area contributed by atoms with Gasteiger partial charge in [0.05, 0.1) is 60.3 Å². The zero-order valence-corrected chi connectivity index (χ0v) is 20.7. The van der Waals surface area contributed by atoms with E-state index in [2.05, 4.69) is 0 Å². The zero-order chi connectivity index (χ0) is 25.1. The van der Waals surface area contributed by atoms with Gasteiger partial charge in [0, 0.05) is 12.1 Å². The fraction of sp³-hybridized carbons (Fsp3) is 0.296. The summed E-state index contributed by atoms with van der Waals surface area (Å²) in [6.45, 7) is 0. The Balaban J connectivity index is 1.90. The van der Waals surface area contributed by atoms with Gasteiger partial charge in [-0.05, 0) is 23.3 Å². The Morgan fingerprint density at radius 2 is 1.06 bits per heavy atom. The van der Waals surface area contributed by atoms with Crippen molar-refractivity contribution in [1.82, 2.24) is 0 Å². The molecule has 1 aliphatic rings. The van der Waals surface area contributed by atoms with E-state index in [0.717, 1.165) is 11.1 Å². The second-order valence-corrected chi connectivity index (χ2v) is 7.88. The average Bonchev–Trinajstić information content (AvgIpc) is 2.90. The number of rotatable bonds is 9. The summed E-state index contributed by atoms with van der Waals surface area (Å²) in [5.74, 6) is 2.43. The van der Waals surface area contributed by atoms with Gasteiger partial charge in [0.15, 0.2) is 23.0 Å². The minimum Gasteiger partial charge on any atom is -0.493 e. The number of benzene rings is 3. The summed E-state index contributed by atoms with van der Waals surface area (Å²) in [5, 5.41) is 0. The number of carbonyl (C=O) groups is 1. The fourth-order valence-electron chi connectivity index (χ4n) is 4.58. The molecule has 1 aliphatic heterocycles. The van der Waals surface area contributed by atoms with E-state index in [1.165, 1.54) is 0 Å². The van der Waals surface area contributed by atoms with Crippen molar-refractivity contribution < 1.29 is 33.2 Å². The molecule has 1 fully saturated rings. The van der Waals surface area contributed by atoms with E-state index in [1.807, 2.05) is 42.5 Å². The highest BCUT2D eigenvalue weighted by Gasteiger charge is 2.50. The maximum absolute atomic E-state index is 13.7. The fourth-order valence-corrected chi connectivity index (χ4v) is 4.58. The van der Waals surface area contributed by atoms with Crippen LogP contribution < -0.4 is 33.3 Å². The van der Waals surface area contributed by atoms with E-state index in [9.17, 15) is 4.79 Å². The van der Waals surface area contributed by atoms with Crippen molar-refractivity contribution in [3.8, 4) is 34.5 Å². The summed E-state index contributed by atoms with van der Waals surface area (Å²) in [6.07, 6.45) is 0. The highest BCUT2D eigenvalue weighted by atomic mass is 16.5. The lowest BCUT2D eigenvalue weighted by atomic mass is 9.77. The predicted octanol–water partition coefficient (Wildman–Crippen LogP) is 4.61. The quantitative estimate of drug-likeness (QED) is 0.415. The van der Waals surface area contributed by atoms with Crippen molar-refractivity contribution in [2.45, 2.75) is 12.0 Å². The molecule has 8 nitrogen and oxygen atoms in total. The standard InChI is InChI=1S/C27H29NO7/c1-30-19-12-17(13-20(31-2)25(19)34-5)24-23(16-10-8-7-9-11-16)27(29)28(24)18-14-21(32-3)26(35-6)22(15-18)33-4/h7-15,23-24H,1-6H3/t23-,24-/m1/s1. The molecule has 0 aromatic heterocycles. The first-order valence-electron chi connectivity index (χ1n) is 11.0. The summed E-state index contributed by atoms with van der Waals surface area (Å²) in [6, 6.07) is 16.6. The highest BCUT2D eigenvalue weighted by Crippen LogP contribution is 2.53. The molecule has 0 unspecified atom stereocenters. The van der Waals surface area contributed by atoms with Crippen LogP contribution in [0.3, 0.4) is 0 Å². The van der Waals surface area contributed by atoms with Crippen molar-refractivity contribution >= 4 is 11.6 Å². The Morgan fingerprint density at radius 1 is 0.600 bits per heavy atom. The van der Waals surface area contributed by atoms with Gasteiger partial charge >= 0.3 is 0 Å². The minimum absolute atomic E-state index is 0.0516. The van der Waals surface area contributed by atoms with Crippen LogP contribution in [0.1, 0.15) is 23.1 Å². The monoisotopic (exact) mass is 479 g/mol. The van der Waals surface area contributed by atoms with Crippen LogP contribution in [-0.4, -0.2) is 48.6 Å². The third-order valence-electron chi connectivity index (χ3n) is 6.21. The summed E-state index contributed by atoms with van der Waals surface area (Å²) in [7, 11) is 9.32. The molecule has 3 aromatic rings. The molecule has 184 valence electrons. The molecule has 8 heteroatoms. The third-order valence-corrected chi connectivity index (χ3v) is 6.21. The molecule has 0 spiro atoms. The van der Waals surface area contributed by atoms with Crippen LogP contribution in [-0.2, 0) is 4.79 Å². The van der Waals surface area contributed by atoms with Crippen LogP contribution in [0.5, 0.6) is 34.5 Å². The second-order valence-electron chi connectivity index (χ2n) is 7.88. The molecule has 0 bridgehead atoms. The Kier molecular flexibility index (Phi) is 6.91. The molecule has 2 atom stereocenters. The lowest BCUT2D eigenvalue weighted by molar-refractivity contribution is -0.126. The number of β-lactam (4-membered cyclic amide) rings is 1. The van der Waals surface area contributed by atoms with Gasteiger partial charge < -0.3 is 33.3 Å². The molecule has 0 N–H and O–H groups in total. The average molecular weight is 480 g/mol. The van der Waals surface area contributed by atoms with Crippen LogP contribution in [0.4, 0.5) is 5.69 Å². The van der Waals surface area contributed by atoms with Crippen LogP contribution in [0.15, 0.2) is 54.6 Å². The zero-order valence-electron chi connectivity index (χ0n) is 20.7. The Labute approximate surface area is 204 Å². The molecule has 1 amide bonds. The van der Waals surface area contributed by atoms with Crippen LogP contribution in [0.25, 0.3) is 0 Å². The predicted molar refractivity (Wildman–Crippen MR) is 132 cm³/mol. The van der Waals surface area contributed by atoms with Gasteiger partial charge in [-0.15, -0.1) is 0 Å². The van der Waals surface area contributed by atoms with Crippen molar-refractivity contribution in [1.29, 1.82) is 0 Å². The van der Waals surface area contributed by atoms with Gasteiger partial charge in [0.1, 0.15) is 0 Å². The van der Waals surface area contributed by atoms with E-state index in [1.54, 1.807) is 59.7 Å². The molecular formula is C27H29NO7. The van der Waals surface area contributed by atoms with E-state index in [0.29, 0.717) is 40.2 Å². The topological polar surface area (TPSA) is 75.7 Å². The lowest BCUT2D eigenvalue weighted by Gasteiger charge is -2.48. The van der Waals surface area contributed by atoms with Gasteiger partial charge in [-0.1, -0.05) is 30.3 Å². The summed E-state index contributed by atoms with van der Waals surface area (Å²) >= 11 is 0. The van der Waals surface area contributed by atoms with E-state index in [-0.39, 0.29) is 11.9 Å². The van der Waals surface area contributed by atoms with E-state index in [4.69, 9.17) is 28.4 Å². The molecule has 1 saturated heterocycles. The van der Waals surface area contributed by atoms with Crippen LogP contribution in [0.2, 0.25) is 0 Å². The minimum atomic E-state index is -0.405. The van der Waals surface area contributed by atoms with Crippen molar-refractivity contribution in [3.05, 3.63) is 65.7 Å². The number of hydrogen-bond acceptors (Lipinski definition) is 7. The Hall–Kier alpha value is -4.07. The molecular weight excluding hydrogens is 450 g/mol. The maximum atomic E-state index is 13.7. The first kappa shape index (κ1) is 24.1. The van der Waals surface area contributed by atoms with Gasteiger partial charge in [0.25, 0.3) is 0 Å². The number of carbonyl (C=O) groups excluding carboxylic acids is 1. The third kappa shape index (κ3) is 4.05. The second kappa shape index (κ2) is 10.0. The maximum Gasteiger partial charge on any atom is 0.237 e. The first-order chi connectivity index (χ1) is 17.0. The van der Waals surface area contributed by atoms with Gasteiger partial charge in [-0.2, -0.15) is 0 Å². The first-order valence-corrected chi connectivity index (χ1v) is 11.0. The molecule has 0 radical (unpaired) electrons. The number of ether oxygens (including phenoxy) is 6. The van der Waals surface area contributed by atoms with Crippen molar-refractivity contribution in [2.75, 3.05) is 47.6 Å². The molecule has 35 heavy (non-hydrogen) atoms. The van der Waals surface area contributed by atoms with Gasteiger partial charge in [-0.25, -0.2) is 0 Å². The SMILES string of the molecule is COc1cc([C@@H]2[C@@H](c3ccccc3)C(=O)N2c2cc(OC)c(OC)c(OC)c2)cc(OC)c1OC. The normalized spacial score (nSPS) is 16.9. The van der Waals surface area contributed by atoms with E-state index >= 15 is 0 Å². The Morgan fingerprint density at radius 3 is 1.49 bits per heavy atom. The largest absolute Gasteiger partial charge is 0.493 e. The van der Waals surface area contributed by atoms with Crippen LogP contribution in [0, 0.1) is 0 Å². The summed E-state index contributed by atoms with van der Waals surface area (Å²) < 4.78 is 33.2. The van der Waals surface area contributed by atoms with Crippen molar-refractivity contribution in [3.63, 3.8) is 0 Å². The van der Waals surface area contributed by atoms with Crippen LogP contribution >= 0.6 is 0 Å². The van der Waals surface area contributed by atoms with Gasteiger partial charge in [-0.3, -0.25) is 4.79 Å². The molecule has 0 saturated carbocycles. The number of nitrogens with zero attached hydrogens (tertiary/aromatic N) is 1. The molecule has 0 aliphatic carbocycles. The number of hydrogen-bond donors (Lipinski definition) is 0. The summed E-state index contributed by atoms with van der Waals surface area (Å²) in [5.41, 5.74) is 2.37. The number of amides is 1. The highest BCUT2D eigenvalue weighted by molar-refractivity contribution is 6.07. The number of anilines is 1. The number of methoxy groups -OCH3 is 6. The Bertz CT molecular complexity index is 1160. The smallest absolute Gasteiger partial charge is 0.237 e.